The molecule has 2 heterocycles. The van der Waals surface area contributed by atoms with Gasteiger partial charge in [-0.25, -0.2) is 4.98 Å². The van der Waals surface area contributed by atoms with Gasteiger partial charge in [-0.05, 0) is 79.7 Å². The van der Waals surface area contributed by atoms with Crippen LogP contribution in [0.15, 0.2) is 42.5 Å². The van der Waals surface area contributed by atoms with E-state index in [0.29, 0.717) is 17.4 Å². The Hall–Kier alpha value is -2.28. The molecule has 6 heteroatoms. The Labute approximate surface area is 212 Å². The van der Waals surface area contributed by atoms with Crippen molar-refractivity contribution in [1.29, 1.82) is 0 Å². The molecule has 1 aromatic carbocycles. The van der Waals surface area contributed by atoms with Crippen molar-refractivity contribution in [3.63, 3.8) is 0 Å². The molecule has 35 heavy (non-hydrogen) atoms. The van der Waals surface area contributed by atoms with Crippen molar-refractivity contribution >= 4 is 27.5 Å². The number of fused-ring (bicyclic) bond motifs is 2. The Morgan fingerprint density at radius 2 is 1.97 bits per heavy atom. The maximum atomic E-state index is 13.3. The van der Waals surface area contributed by atoms with E-state index in [1.54, 1.807) is 0 Å². The van der Waals surface area contributed by atoms with Gasteiger partial charge in [0.25, 0.3) is 5.91 Å². The summed E-state index contributed by atoms with van der Waals surface area (Å²) in [4.78, 5) is 20.0. The predicted molar refractivity (Wildman–Crippen MR) is 143 cm³/mol. The van der Waals surface area contributed by atoms with E-state index in [1.807, 2.05) is 24.3 Å². The van der Waals surface area contributed by atoms with Crippen molar-refractivity contribution in [3.8, 4) is 0 Å². The highest BCUT2D eigenvalue weighted by Gasteiger charge is 2.30. The van der Waals surface area contributed by atoms with E-state index >= 15 is 0 Å². The summed E-state index contributed by atoms with van der Waals surface area (Å²) < 4.78 is 0. The number of benzene rings is 1. The molecule has 0 spiro atoms. The number of amides is 1. The molecule has 1 saturated carbocycles. The van der Waals surface area contributed by atoms with Gasteiger partial charge < -0.3 is 15.7 Å². The highest BCUT2D eigenvalue weighted by molar-refractivity contribution is 7.20. The quantitative estimate of drug-likeness (QED) is 0.412. The van der Waals surface area contributed by atoms with E-state index in [2.05, 4.69) is 49.6 Å². The van der Waals surface area contributed by atoms with Crippen LogP contribution in [0.1, 0.15) is 79.0 Å². The lowest BCUT2D eigenvalue weighted by atomic mass is 9.71. The van der Waals surface area contributed by atoms with Crippen LogP contribution >= 0.6 is 11.3 Å². The Morgan fingerprint density at radius 3 is 2.69 bits per heavy atom. The molecular formula is C29H37N3O2S. The average Bonchev–Trinajstić information content (AvgIpc) is 3.23. The number of nitrogens with one attached hydrogen (secondary N) is 2. The zero-order valence-electron chi connectivity index (χ0n) is 21.0. The van der Waals surface area contributed by atoms with Crippen molar-refractivity contribution in [2.45, 2.75) is 77.5 Å². The molecule has 0 saturated heterocycles. The van der Waals surface area contributed by atoms with E-state index < -0.39 is 0 Å². The Bertz CT molecular complexity index is 1180. The van der Waals surface area contributed by atoms with Gasteiger partial charge in [0.2, 0.25) is 0 Å². The molecule has 5 nitrogen and oxygen atoms in total. The highest BCUT2D eigenvalue weighted by atomic mass is 32.1. The number of thiophene rings is 1. The van der Waals surface area contributed by atoms with Crippen LogP contribution in [0.25, 0.3) is 10.2 Å². The molecule has 5 rings (SSSR count). The van der Waals surface area contributed by atoms with Crippen molar-refractivity contribution in [2.24, 2.45) is 11.3 Å². The largest absolute Gasteiger partial charge is 0.393 e. The first-order valence-corrected chi connectivity index (χ1v) is 13.8. The third-order valence-electron chi connectivity index (χ3n) is 7.81. The zero-order chi connectivity index (χ0) is 24.6. The summed E-state index contributed by atoms with van der Waals surface area (Å²) in [6.07, 6.45) is 5.54. The maximum Gasteiger partial charge on any atom is 0.261 e. The molecule has 3 aromatic rings. The zero-order valence-corrected chi connectivity index (χ0v) is 21.8. The highest BCUT2D eigenvalue weighted by Crippen LogP contribution is 2.38. The van der Waals surface area contributed by atoms with E-state index in [0.717, 1.165) is 59.3 Å². The summed E-state index contributed by atoms with van der Waals surface area (Å²) in [5, 5.41) is 17.4. The number of aromatic nitrogens is 1. The second-order valence-electron chi connectivity index (χ2n) is 11.4. The van der Waals surface area contributed by atoms with Crippen LogP contribution < -0.4 is 10.6 Å². The summed E-state index contributed by atoms with van der Waals surface area (Å²) in [6.45, 7) is 7.79. The molecule has 1 amide bonds. The van der Waals surface area contributed by atoms with Gasteiger partial charge in [0.15, 0.2) is 0 Å². The van der Waals surface area contributed by atoms with Crippen LogP contribution in [-0.2, 0) is 12.8 Å². The predicted octanol–water partition coefficient (Wildman–Crippen LogP) is 5.42. The monoisotopic (exact) mass is 491 g/mol. The van der Waals surface area contributed by atoms with E-state index in [1.165, 1.54) is 29.0 Å². The van der Waals surface area contributed by atoms with Gasteiger partial charge in [-0.1, -0.05) is 51.1 Å². The smallest absolute Gasteiger partial charge is 0.261 e. The van der Waals surface area contributed by atoms with Crippen LogP contribution in [0.2, 0.25) is 0 Å². The number of aryl methyl sites for hydroxylation is 1. The maximum absolute atomic E-state index is 13.3. The third-order valence-corrected chi connectivity index (χ3v) is 8.85. The number of aliphatic hydroxyl groups is 1. The first-order valence-electron chi connectivity index (χ1n) is 13.0. The summed E-state index contributed by atoms with van der Waals surface area (Å²) in [7, 11) is 0. The molecule has 1 fully saturated rings. The van der Waals surface area contributed by atoms with E-state index in [-0.39, 0.29) is 18.1 Å². The van der Waals surface area contributed by atoms with Gasteiger partial charge in [0.1, 0.15) is 4.83 Å². The van der Waals surface area contributed by atoms with Crippen molar-refractivity contribution in [3.05, 3.63) is 64.2 Å². The molecule has 2 aliphatic carbocycles. The van der Waals surface area contributed by atoms with Crippen LogP contribution in [0.5, 0.6) is 0 Å². The fourth-order valence-corrected chi connectivity index (χ4v) is 6.33. The number of carbonyl (C=O) groups excluding carboxylic acids is 1. The second-order valence-corrected chi connectivity index (χ2v) is 12.4. The SMILES string of the molecule is CC(C)(C)[C@H]1CCc2nc3sc(C(=O)NC(CCNC4CC(O)C4)c4ccccc4)cc3cc2C1. The molecule has 0 radical (unpaired) electrons. The second kappa shape index (κ2) is 10.00. The Morgan fingerprint density at radius 1 is 1.20 bits per heavy atom. The molecule has 3 N–H and O–H groups in total. The van der Waals surface area contributed by atoms with Gasteiger partial charge in [0, 0.05) is 17.1 Å². The van der Waals surface area contributed by atoms with Gasteiger partial charge in [-0.2, -0.15) is 0 Å². The standard InChI is InChI=1S/C29H37N3O2S/c1-29(2,3)21-9-10-24-19(14-21)13-20-15-26(35-28(20)32-24)27(34)31-25(18-7-5-4-6-8-18)11-12-30-22-16-23(33)17-22/h4-8,13,15,21-23,25,30,33H,9-12,14,16-17H2,1-3H3,(H,31,34)/t21-,22?,23?,25?/m0/s1. The topological polar surface area (TPSA) is 74.2 Å². The third kappa shape index (κ3) is 5.60. The van der Waals surface area contributed by atoms with Gasteiger partial charge in [0.05, 0.1) is 17.0 Å². The summed E-state index contributed by atoms with van der Waals surface area (Å²) >= 11 is 1.50. The summed E-state index contributed by atoms with van der Waals surface area (Å²) in [5.74, 6) is 0.630. The lowest BCUT2D eigenvalue weighted by Crippen LogP contribution is -2.45. The Kier molecular flexibility index (Phi) is 6.97. The number of aliphatic hydroxyl groups excluding tert-OH is 1. The Balaban J connectivity index is 1.30. The minimum Gasteiger partial charge on any atom is -0.393 e. The van der Waals surface area contributed by atoms with Crippen LogP contribution in [-0.4, -0.2) is 34.7 Å². The fraction of sp³-hybridized carbons (Fsp3) is 0.517. The molecule has 0 aliphatic heterocycles. The fourth-order valence-electron chi connectivity index (χ4n) is 5.40. The number of hydrogen-bond donors (Lipinski definition) is 3. The first-order chi connectivity index (χ1) is 16.8. The number of rotatable bonds is 7. The first kappa shape index (κ1) is 24.4. The van der Waals surface area contributed by atoms with Crippen molar-refractivity contribution in [2.75, 3.05) is 6.54 Å². The summed E-state index contributed by atoms with van der Waals surface area (Å²) in [5.41, 5.74) is 3.97. The lowest BCUT2D eigenvalue weighted by Gasteiger charge is -2.34. The minimum absolute atomic E-state index is 0.0357. The molecule has 2 atom stereocenters. The number of hydrogen-bond acceptors (Lipinski definition) is 5. The number of carbonyl (C=O) groups is 1. The molecule has 1 unspecified atom stereocenters. The molecule has 186 valence electrons. The van der Waals surface area contributed by atoms with Gasteiger partial charge >= 0.3 is 0 Å². The van der Waals surface area contributed by atoms with E-state index in [9.17, 15) is 9.90 Å². The molecular weight excluding hydrogens is 454 g/mol. The average molecular weight is 492 g/mol. The van der Waals surface area contributed by atoms with E-state index in [4.69, 9.17) is 4.98 Å². The van der Waals surface area contributed by atoms with Crippen LogP contribution in [0.4, 0.5) is 0 Å². The van der Waals surface area contributed by atoms with Crippen LogP contribution in [0.3, 0.4) is 0 Å². The van der Waals surface area contributed by atoms with Gasteiger partial charge in [-0.15, -0.1) is 11.3 Å². The van der Waals surface area contributed by atoms with Crippen molar-refractivity contribution < 1.29 is 9.90 Å². The molecule has 2 aliphatic rings. The minimum atomic E-state index is -0.163. The van der Waals surface area contributed by atoms with Crippen molar-refractivity contribution in [1.82, 2.24) is 15.6 Å². The lowest BCUT2D eigenvalue weighted by molar-refractivity contribution is 0.0623. The van der Waals surface area contributed by atoms with Gasteiger partial charge in [-0.3, -0.25) is 4.79 Å². The summed E-state index contributed by atoms with van der Waals surface area (Å²) in [6, 6.07) is 14.8. The number of nitrogens with zero attached hydrogens (tertiary/aromatic N) is 1. The normalized spacial score (nSPS) is 22.9. The van der Waals surface area contributed by atoms with Crippen LogP contribution in [0, 0.1) is 11.3 Å². The molecule has 2 aromatic heterocycles. The molecule has 0 bridgehead atoms. The number of pyridine rings is 1.